The number of nitrogens with one attached hydrogen (secondary N) is 2. The van der Waals surface area contributed by atoms with Crippen LogP contribution < -0.4 is 10.6 Å². The van der Waals surface area contributed by atoms with Gasteiger partial charge in [-0.1, -0.05) is 30.3 Å². The van der Waals surface area contributed by atoms with Gasteiger partial charge in [-0.15, -0.1) is 24.0 Å². The second-order valence-corrected chi connectivity index (χ2v) is 7.52. The zero-order valence-electron chi connectivity index (χ0n) is 17.4. The molecule has 2 unspecified atom stereocenters. The molecule has 0 aliphatic carbocycles. The van der Waals surface area contributed by atoms with Crippen LogP contribution in [0.1, 0.15) is 25.3 Å². The van der Waals surface area contributed by atoms with Crippen LogP contribution in [-0.2, 0) is 6.54 Å². The van der Waals surface area contributed by atoms with E-state index in [9.17, 15) is 13.2 Å². The van der Waals surface area contributed by atoms with Gasteiger partial charge in [-0.3, -0.25) is 14.8 Å². The summed E-state index contributed by atoms with van der Waals surface area (Å²) in [6.45, 7) is 3.83. The summed E-state index contributed by atoms with van der Waals surface area (Å²) in [6, 6.07) is 10.7. The molecule has 2 rings (SSSR count). The Morgan fingerprint density at radius 2 is 2.00 bits per heavy atom. The lowest BCUT2D eigenvalue weighted by atomic mass is 10.1. The Kier molecular flexibility index (Phi) is 11.3. The van der Waals surface area contributed by atoms with Gasteiger partial charge in [0.15, 0.2) is 5.96 Å². The molecule has 0 radical (unpaired) electrons. The Labute approximate surface area is 189 Å². The van der Waals surface area contributed by atoms with E-state index in [0.717, 1.165) is 19.5 Å². The van der Waals surface area contributed by atoms with Gasteiger partial charge in [0.25, 0.3) is 0 Å². The van der Waals surface area contributed by atoms with Gasteiger partial charge in [0.2, 0.25) is 0 Å². The molecule has 5 nitrogen and oxygen atoms in total. The predicted molar refractivity (Wildman–Crippen MR) is 123 cm³/mol. The monoisotopic (exact) mass is 527 g/mol. The van der Waals surface area contributed by atoms with Gasteiger partial charge in [0.1, 0.15) is 0 Å². The molecule has 1 aliphatic rings. The highest BCUT2D eigenvalue weighted by atomic mass is 127. The maximum atomic E-state index is 12.5. The van der Waals surface area contributed by atoms with Crippen molar-refractivity contribution in [1.82, 2.24) is 20.4 Å². The summed E-state index contributed by atoms with van der Waals surface area (Å²) in [7, 11) is 3.79. The third-order valence-electron chi connectivity index (χ3n) is 5.12. The summed E-state index contributed by atoms with van der Waals surface area (Å²) in [6.07, 6.45) is -2.52. The van der Waals surface area contributed by atoms with Crippen LogP contribution in [0, 0.1) is 0 Å². The first kappa shape index (κ1) is 26.0. The number of guanidine groups is 1. The Balaban J connectivity index is 0.00000420. The number of hydrogen-bond acceptors (Lipinski definition) is 3. The van der Waals surface area contributed by atoms with Crippen LogP contribution in [0.5, 0.6) is 0 Å². The van der Waals surface area contributed by atoms with Crippen LogP contribution in [0.15, 0.2) is 35.3 Å². The van der Waals surface area contributed by atoms with Crippen molar-refractivity contribution in [2.75, 3.05) is 40.3 Å². The highest BCUT2D eigenvalue weighted by molar-refractivity contribution is 14.0. The number of halogens is 4. The van der Waals surface area contributed by atoms with E-state index in [2.05, 4.69) is 46.6 Å². The zero-order valence-corrected chi connectivity index (χ0v) is 19.7. The highest BCUT2D eigenvalue weighted by Gasteiger charge is 2.34. The van der Waals surface area contributed by atoms with Crippen molar-refractivity contribution in [3.8, 4) is 0 Å². The molecule has 2 N–H and O–H groups in total. The molecule has 1 saturated heterocycles. The van der Waals surface area contributed by atoms with Crippen LogP contribution in [0.2, 0.25) is 0 Å². The maximum absolute atomic E-state index is 12.5. The van der Waals surface area contributed by atoms with E-state index >= 15 is 0 Å². The molecule has 0 bridgehead atoms. The number of aliphatic imine (C=N–C) groups is 1. The average Bonchev–Trinajstić information content (AvgIpc) is 3.06. The fraction of sp³-hybridized carbons (Fsp3) is 0.650. The van der Waals surface area contributed by atoms with E-state index in [1.54, 1.807) is 7.05 Å². The SMILES string of the molecule is CN=C(NCCC(C)N(C)Cc1ccccc1)NC1CCN(CC(F)(F)F)C1.I. The summed E-state index contributed by atoms with van der Waals surface area (Å²) in [5.41, 5.74) is 1.28. The van der Waals surface area contributed by atoms with E-state index in [0.29, 0.717) is 31.5 Å². The lowest BCUT2D eigenvalue weighted by Crippen LogP contribution is -2.46. The normalized spacial score (nSPS) is 19.1. The van der Waals surface area contributed by atoms with Gasteiger partial charge in [-0.2, -0.15) is 13.2 Å². The van der Waals surface area contributed by atoms with Gasteiger partial charge in [-0.05, 0) is 32.4 Å². The van der Waals surface area contributed by atoms with Gasteiger partial charge < -0.3 is 10.6 Å². The minimum atomic E-state index is -4.14. The third kappa shape index (κ3) is 9.99. The second-order valence-electron chi connectivity index (χ2n) is 7.52. The third-order valence-corrected chi connectivity index (χ3v) is 5.12. The second kappa shape index (κ2) is 12.6. The zero-order chi connectivity index (χ0) is 20.6. The minimum Gasteiger partial charge on any atom is -0.356 e. The minimum absolute atomic E-state index is 0. The first-order chi connectivity index (χ1) is 13.3. The molecule has 29 heavy (non-hydrogen) atoms. The molecule has 1 heterocycles. The average molecular weight is 527 g/mol. The molecule has 0 spiro atoms. The smallest absolute Gasteiger partial charge is 0.356 e. The molecule has 9 heteroatoms. The molecule has 166 valence electrons. The number of hydrogen-bond donors (Lipinski definition) is 2. The van der Waals surface area contributed by atoms with Gasteiger partial charge in [0.05, 0.1) is 6.54 Å². The van der Waals surface area contributed by atoms with Crippen LogP contribution in [-0.4, -0.2) is 74.3 Å². The Morgan fingerprint density at radius 3 is 2.62 bits per heavy atom. The van der Waals surface area contributed by atoms with Crippen molar-refractivity contribution in [2.45, 2.75) is 44.6 Å². The predicted octanol–water partition coefficient (Wildman–Crippen LogP) is 3.32. The van der Waals surface area contributed by atoms with E-state index in [4.69, 9.17) is 0 Å². The molecule has 2 atom stereocenters. The largest absolute Gasteiger partial charge is 0.401 e. The lowest BCUT2D eigenvalue weighted by Gasteiger charge is -2.25. The molecule has 1 aliphatic heterocycles. The van der Waals surface area contributed by atoms with E-state index in [1.807, 2.05) is 18.2 Å². The molecule has 0 saturated carbocycles. The van der Waals surface area contributed by atoms with Crippen molar-refractivity contribution in [3.63, 3.8) is 0 Å². The molecule has 1 aromatic rings. The van der Waals surface area contributed by atoms with Crippen molar-refractivity contribution < 1.29 is 13.2 Å². The Bertz CT molecular complexity index is 612. The molecular weight excluding hydrogens is 494 g/mol. The summed E-state index contributed by atoms with van der Waals surface area (Å²) in [5, 5.41) is 6.52. The van der Waals surface area contributed by atoms with Crippen molar-refractivity contribution in [2.24, 2.45) is 4.99 Å². The number of rotatable bonds is 8. The first-order valence-electron chi connectivity index (χ1n) is 9.77. The van der Waals surface area contributed by atoms with Crippen molar-refractivity contribution >= 4 is 29.9 Å². The summed E-state index contributed by atoms with van der Waals surface area (Å²) in [5.74, 6) is 0.650. The number of nitrogens with zero attached hydrogens (tertiary/aromatic N) is 3. The van der Waals surface area contributed by atoms with Gasteiger partial charge in [-0.25, -0.2) is 0 Å². The maximum Gasteiger partial charge on any atom is 0.401 e. The van der Waals surface area contributed by atoms with Crippen LogP contribution in [0.25, 0.3) is 0 Å². The lowest BCUT2D eigenvalue weighted by molar-refractivity contribution is -0.143. The first-order valence-corrected chi connectivity index (χ1v) is 9.77. The highest BCUT2D eigenvalue weighted by Crippen LogP contribution is 2.19. The van der Waals surface area contributed by atoms with Crippen LogP contribution >= 0.6 is 24.0 Å². The number of alkyl halides is 3. The molecule has 0 amide bonds. The number of likely N-dealkylation sites (tertiary alicyclic amines) is 1. The topological polar surface area (TPSA) is 42.9 Å². The van der Waals surface area contributed by atoms with Crippen LogP contribution in [0.3, 0.4) is 0 Å². The molecular formula is C20H33F3IN5. The molecule has 0 aromatic heterocycles. The standard InChI is InChI=1S/C20H32F3N5.HI/c1-16(27(3)13-17-7-5-4-6-8-17)9-11-25-19(24-2)26-18-10-12-28(14-18)15-20(21,22)23;/h4-8,16,18H,9-15H2,1-3H3,(H2,24,25,26);1H. The molecule has 1 aromatic carbocycles. The van der Waals surface area contributed by atoms with E-state index in [1.165, 1.54) is 10.5 Å². The summed E-state index contributed by atoms with van der Waals surface area (Å²) >= 11 is 0. The Morgan fingerprint density at radius 1 is 1.31 bits per heavy atom. The summed E-state index contributed by atoms with van der Waals surface area (Å²) in [4.78, 5) is 7.94. The van der Waals surface area contributed by atoms with Crippen LogP contribution in [0.4, 0.5) is 13.2 Å². The van der Waals surface area contributed by atoms with Gasteiger partial charge in [0, 0.05) is 45.3 Å². The molecule has 1 fully saturated rings. The van der Waals surface area contributed by atoms with E-state index in [-0.39, 0.29) is 30.0 Å². The van der Waals surface area contributed by atoms with Crippen molar-refractivity contribution in [1.29, 1.82) is 0 Å². The van der Waals surface area contributed by atoms with Gasteiger partial charge >= 0.3 is 6.18 Å². The summed E-state index contributed by atoms with van der Waals surface area (Å²) < 4.78 is 37.5. The Hall–Kier alpha value is -1.07. The van der Waals surface area contributed by atoms with Crippen molar-refractivity contribution in [3.05, 3.63) is 35.9 Å². The van der Waals surface area contributed by atoms with E-state index < -0.39 is 12.7 Å². The fourth-order valence-electron chi connectivity index (χ4n) is 3.38. The quantitative estimate of drug-likeness (QED) is 0.310. The number of benzene rings is 1. The fourth-order valence-corrected chi connectivity index (χ4v) is 3.38.